The van der Waals surface area contributed by atoms with Crippen LogP contribution in [-0.2, 0) is 9.59 Å². The van der Waals surface area contributed by atoms with Crippen LogP contribution in [0, 0.1) is 20.8 Å². The van der Waals surface area contributed by atoms with Gasteiger partial charge in [-0.25, -0.2) is 0 Å². The number of hydrogen-bond acceptors (Lipinski definition) is 4. The average Bonchev–Trinajstić information content (AvgIpc) is 2.98. The Morgan fingerprint density at radius 3 is 2.41 bits per heavy atom. The first-order chi connectivity index (χ1) is 13.8. The highest BCUT2D eigenvalue weighted by Gasteiger charge is 2.31. The molecule has 0 unspecified atom stereocenters. The fourth-order valence-electron chi connectivity index (χ4n) is 3.80. The fraction of sp³-hybridized carbons (Fsp3) is 0.348. The van der Waals surface area contributed by atoms with Crippen molar-refractivity contribution in [1.82, 2.24) is 5.32 Å². The summed E-state index contributed by atoms with van der Waals surface area (Å²) < 4.78 is 5.61. The monoisotopic (exact) mass is 394 g/mol. The summed E-state index contributed by atoms with van der Waals surface area (Å²) >= 11 is 0. The summed E-state index contributed by atoms with van der Waals surface area (Å²) in [6, 6.07) is 9.38. The van der Waals surface area contributed by atoms with Gasteiger partial charge in [-0.05, 0) is 55.0 Å². The van der Waals surface area contributed by atoms with Gasteiger partial charge in [0.15, 0.2) is 12.4 Å². The van der Waals surface area contributed by atoms with Gasteiger partial charge in [-0.15, -0.1) is 0 Å². The normalized spacial score (nSPS) is 15.0. The molecule has 0 bridgehead atoms. The van der Waals surface area contributed by atoms with E-state index in [4.69, 9.17) is 4.74 Å². The topological polar surface area (TPSA) is 84.5 Å². The minimum atomic E-state index is -0.422. The molecule has 0 aliphatic heterocycles. The predicted molar refractivity (Wildman–Crippen MR) is 112 cm³/mol. The number of aryl methyl sites for hydroxylation is 3. The Balaban J connectivity index is 1.55. The quantitative estimate of drug-likeness (QED) is 0.786. The molecule has 29 heavy (non-hydrogen) atoms. The van der Waals surface area contributed by atoms with Crippen LogP contribution >= 0.6 is 0 Å². The molecule has 0 radical (unpaired) electrons. The van der Waals surface area contributed by atoms with Gasteiger partial charge in [0.25, 0.3) is 5.91 Å². The van der Waals surface area contributed by atoms with Gasteiger partial charge in [-0.3, -0.25) is 14.4 Å². The summed E-state index contributed by atoms with van der Waals surface area (Å²) in [5.74, 6) is -0.108. The SMILES string of the molecule is Cc1cccc(C)c1NC(=O)CNC(=O)COc1ccc(C)c2c1C(=O)C[C@@H]2C. The summed E-state index contributed by atoms with van der Waals surface area (Å²) in [7, 11) is 0. The highest BCUT2D eigenvalue weighted by atomic mass is 16.5. The maximum Gasteiger partial charge on any atom is 0.258 e. The van der Waals surface area contributed by atoms with E-state index in [1.54, 1.807) is 6.07 Å². The zero-order chi connectivity index (χ0) is 21.1. The molecule has 0 fully saturated rings. The van der Waals surface area contributed by atoms with E-state index in [1.807, 2.05) is 52.0 Å². The van der Waals surface area contributed by atoms with E-state index in [1.165, 1.54) is 0 Å². The molecule has 3 rings (SSSR count). The molecular weight excluding hydrogens is 368 g/mol. The molecule has 2 aromatic carbocycles. The second-order valence-electron chi connectivity index (χ2n) is 7.58. The van der Waals surface area contributed by atoms with Crippen LogP contribution in [0.25, 0.3) is 0 Å². The molecule has 6 heteroatoms. The predicted octanol–water partition coefficient (Wildman–Crippen LogP) is 3.44. The fourth-order valence-corrected chi connectivity index (χ4v) is 3.80. The van der Waals surface area contributed by atoms with Crippen LogP contribution in [0.3, 0.4) is 0 Å². The minimum Gasteiger partial charge on any atom is -0.483 e. The number of anilines is 1. The van der Waals surface area contributed by atoms with E-state index in [0.717, 1.165) is 27.9 Å². The first-order valence-electron chi connectivity index (χ1n) is 9.70. The summed E-state index contributed by atoms with van der Waals surface area (Å²) in [4.78, 5) is 36.6. The van der Waals surface area contributed by atoms with Crippen LogP contribution < -0.4 is 15.4 Å². The Kier molecular flexibility index (Phi) is 6.01. The maximum absolute atomic E-state index is 12.3. The van der Waals surface area contributed by atoms with Gasteiger partial charge in [0.1, 0.15) is 5.75 Å². The summed E-state index contributed by atoms with van der Waals surface area (Å²) in [6.07, 6.45) is 0.460. The van der Waals surface area contributed by atoms with Crippen LogP contribution in [-0.4, -0.2) is 30.7 Å². The summed E-state index contributed by atoms with van der Waals surface area (Å²) in [6.45, 7) is 7.40. The van der Waals surface area contributed by atoms with Crippen LogP contribution in [0.5, 0.6) is 5.75 Å². The van der Waals surface area contributed by atoms with Crippen molar-refractivity contribution < 1.29 is 19.1 Å². The third-order valence-electron chi connectivity index (χ3n) is 5.24. The molecule has 2 aromatic rings. The number of amides is 2. The van der Waals surface area contributed by atoms with Crippen molar-refractivity contribution in [3.8, 4) is 5.75 Å². The van der Waals surface area contributed by atoms with E-state index in [0.29, 0.717) is 17.7 Å². The Hall–Kier alpha value is -3.15. The summed E-state index contributed by atoms with van der Waals surface area (Å²) in [5, 5.41) is 5.37. The van der Waals surface area contributed by atoms with Gasteiger partial charge < -0.3 is 15.4 Å². The van der Waals surface area contributed by atoms with Crippen LogP contribution in [0.2, 0.25) is 0 Å². The van der Waals surface area contributed by atoms with E-state index >= 15 is 0 Å². The second-order valence-corrected chi connectivity index (χ2v) is 7.58. The maximum atomic E-state index is 12.3. The lowest BCUT2D eigenvalue weighted by Gasteiger charge is -2.14. The third-order valence-corrected chi connectivity index (χ3v) is 5.24. The number of carbonyl (C=O) groups is 3. The number of carbonyl (C=O) groups excluding carboxylic acids is 3. The lowest BCUT2D eigenvalue weighted by molar-refractivity contribution is -0.125. The Morgan fingerprint density at radius 2 is 1.72 bits per heavy atom. The number of para-hydroxylation sites is 1. The zero-order valence-electron chi connectivity index (χ0n) is 17.2. The highest BCUT2D eigenvalue weighted by molar-refractivity contribution is 6.04. The van der Waals surface area contributed by atoms with Crippen molar-refractivity contribution in [2.24, 2.45) is 0 Å². The molecule has 1 aliphatic rings. The van der Waals surface area contributed by atoms with Crippen molar-refractivity contribution >= 4 is 23.3 Å². The third kappa shape index (κ3) is 4.47. The number of rotatable bonds is 6. The van der Waals surface area contributed by atoms with Crippen LogP contribution in [0.4, 0.5) is 5.69 Å². The second kappa shape index (κ2) is 8.47. The lowest BCUT2D eigenvalue weighted by Crippen LogP contribution is -2.36. The number of hydrogen-bond donors (Lipinski definition) is 2. The Morgan fingerprint density at radius 1 is 1.03 bits per heavy atom. The van der Waals surface area contributed by atoms with Gasteiger partial charge >= 0.3 is 0 Å². The number of Topliss-reactive ketones (excluding diaryl/α,β-unsaturated/α-hetero) is 1. The zero-order valence-corrected chi connectivity index (χ0v) is 17.2. The van der Waals surface area contributed by atoms with Crippen molar-refractivity contribution in [2.45, 2.75) is 40.0 Å². The van der Waals surface area contributed by atoms with Gasteiger partial charge in [-0.1, -0.05) is 31.2 Å². The molecule has 1 atom stereocenters. The molecule has 1 aliphatic carbocycles. The van der Waals surface area contributed by atoms with Crippen molar-refractivity contribution in [3.05, 3.63) is 58.1 Å². The first kappa shape index (κ1) is 20.6. The van der Waals surface area contributed by atoms with Crippen LogP contribution in [0.15, 0.2) is 30.3 Å². The lowest BCUT2D eigenvalue weighted by atomic mass is 9.97. The van der Waals surface area contributed by atoms with Gasteiger partial charge in [0.2, 0.25) is 5.91 Å². The number of fused-ring (bicyclic) bond motifs is 1. The Bertz CT molecular complexity index is 961. The average molecular weight is 394 g/mol. The van der Waals surface area contributed by atoms with E-state index in [2.05, 4.69) is 10.6 Å². The molecule has 0 aromatic heterocycles. The van der Waals surface area contributed by atoms with Gasteiger partial charge in [0.05, 0.1) is 12.1 Å². The number of ether oxygens (including phenoxy) is 1. The molecular formula is C23H26N2O4. The molecule has 2 N–H and O–H groups in total. The first-order valence-corrected chi connectivity index (χ1v) is 9.70. The number of benzene rings is 2. The van der Waals surface area contributed by atoms with Crippen LogP contribution in [0.1, 0.15) is 51.9 Å². The van der Waals surface area contributed by atoms with Crippen molar-refractivity contribution in [2.75, 3.05) is 18.5 Å². The molecule has 152 valence electrons. The van der Waals surface area contributed by atoms with Crippen molar-refractivity contribution in [3.63, 3.8) is 0 Å². The van der Waals surface area contributed by atoms with E-state index < -0.39 is 5.91 Å². The highest BCUT2D eigenvalue weighted by Crippen LogP contribution is 2.40. The molecule has 6 nitrogen and oxygen atoms in total. The van der Waals surface area contributed by atoms with E-state index in [9.17, 15) is 14.4 Å². The molecule has 0 heterocycles. The minimum absolute atomic E-state index is 0.0413. The van der Waals surface area contributed by atoms with Gasteiger partial charge in [0, 0.05) is 12.1 Å². The largest absolute Gasteiger partial charge is 0.483 e. The number of ketones is 1. The van der Waals surface area contributed by atoms with Gasteiger partial charge in [-0.2, -0.15) is 0 Å². The smallest absolute Gasteiger partial charge is 0.258 e. The standard InChI is InChI=1S/C23H26N2O4/c1-13-8-9-18(22-17(26)10-16(4)21(13)22)29-12-20(28)24-11-19(27)25-23-14(2)6-5-7-15(23)3/h5-9,16H,10-12H2,1-4H3,(H,24,28)(H,25,27)/t16-/m0/s1. The molecule has 2 amide bonds. The Labute approximate surface area is 170 Å². The molecule has 0 spiro atoms. The number of nitrogens with one attached hydrogen (secondary N) is 2. The molecule has 0 saturated heterocycles. The summed E-state index contributed by atoms with van der Waals surface area (Å²) in [5.41, 5.74) is 5.31. The van der Waals surface area contributed by atoms with E-state index in [-0.39, 0.29) is 30.8 Å². The van der Waals surface area contributed by atoms with Crippen molar-refractivity contribution in [1.29, 1.82) is 0 Å². The molecule has 0 saturated carbocycles.